The predicted octanol–water partition coefficient (Wildman–Crippen LogP) is 3.57. The molecule has 0 saturated carbocycles. The normalized spacial score (nSPS) is 24.1. The monoisotopic (exact) mass is 253 g/mol. The van der Waals surface area contributed by atoms with Crippen LogP contribution in [0.5, 0.6) is 0 Å². The van der Waals surface area contributed by atoms with Crippen molar-refractivity contribution < 1.29 is 9.59 Å². The molecule has 0 radical (unpaired) electrons. The lowest BCUT2D eigenvalue weighted by Gasteiger charge is -2.24. The van der Waals surface area contributed by atoms with Crippen LogP contribution < -0.4 is 5.32 Å². The Bertz CT molecular complexity index is 258. The highest BCUT2D eigenvalue weighted by Crippen LogP contribution is 2.30. The van der Waals surface area contributed by atoms with Crippen LogP contribution in [-0.4, -0.2) is 11.8 Å². The number of carbonyl (C=O) groups excluding carboxylic acids is 2. The molecule has 1 fully saturated rings. The van der Waals surface area contributed by atoms with Crippen molar-refractivity contribution in [2.24, 2.45) is 5.41 Å². The van der Waals surface area contributed by atoms with E-state index in [9.17, 15) is 9.59 Å². The van der Waals surface area contributed by atoms with Crippen molar-refractivity contribution in [1.29, 1.82) is 0 Å². The van der Waals surface area contributed by atoms with Crippen molar-refractivity contribution in [1.82, 2.24) is 5.32 Å². The molecule has 18 heavy (non-hydrogen) atoms. The van der Waals surface area contributed by atoms with Crippen LogP contribution in [0.15, 0.2) is 0 Å². The Morgan fingerprint density at radius 1 is 0.778 bits per heavy atom. The van der Waals surface area contributed by atoms with E-state index in [0.717, 1.165) is 25.7 Å². The van der Waals surface area contributed by atoms with Crippen LogP contribution in [0.3, 0.4) is 0 Å². The maximum atomic E-state index is 11.5. The molecule has 2 amide bonds. The van der Waals surface area contributed by atoms with Crippen LogP contribution in [0.25, 0.3) is 0 Å². The van der Waals surface area contributed by atoms with E-state index in [4.69, 9.17) is 0 Å². The highest BCUT2D eigenvalue weighted by molar-refractivity contribution is 5.95. The third-order valence-corrected chi connectivity index (χ3v) is 3.79. The molecule has 104 valence electrons. The summed E-state index contributed by atoms with van der Waals surface area (Å²) in [5, 5.41) is 2.47. The zero-order valence-electron chi connectivity index (χ0n) is 11.9. The fraction of sp³-hybridized carbons (Fsp3) is 0.867. The summed E-state index contributed by atoms with van der Waals surface area (Å²) in [5.74, 6) is -0.201. The van der Waals surface area contributed by atoms with Crippen molar-refractivity contribution >= 4 is 11.8 Å². The summed E-state index contributed by atoms with van der Waals surface area (Å²) in [4.78, 5) is 22.9. The molecule has 1 aliphatic rings. The van der Waals surface area contributed by atoms with E-state index in [1.54, 1.807) is 0 Å². The minimum Gasteiger partial charge on any atom is -0.296 e. The largest absolute Gasteiger partial charge is 0.296 e. The average molecular weight is 253 g/mol. The lowest BCUT2D eigenvalue weighted by Crippen LogP contribution is -2.30. The molecule has 1 aliphatic heterocycles. The van der Waals surface area contributed by atoms with Crippen molar-refractivity contribution in [2.45, 2.75) is 78.1 Å². The number of rotatable bonds is 0. The maximum Gasteiger partial charge on any atom is 0.226 e. The summed E-state index contributed by atoms with van der Waals surface area (Å²) in [6.45, 7) is 4.66. The van der Waals surface area contributed by atoms with Gasteiger partial charge >= 0.3 is 0 Å². The Balaban J connectivity index is 2.42. The second-order valence-corrected chi connectivity index (χ2v) is 6.26. The second kappa shape index (κ2) is 7.55. The van der Waals surface area contributed by atoms with Gasteiger partial charge in [0.15, 0.2) is 0 Å². The Labute approximate surface area is 111 Å². The van der Waals surface area contributed by atoms with E-state index in [0.29, 0.717) is 18.3 Å². The van der Waals surface area contributed by atoms with Gasteiger partial charge in [0.25, 0.3) is 0 Å². The molecule has 0 bridgehead atoms. The van der Waals surface area contributed by atoms with E-state index in [2.05, 4.69) is 19.2 Å². The molecular formula is C15H27NO2. The summed E-state index contributed by atoms with van der Waals surface area (Å²) in [5.41, 5.74) is 0.413. The molecule has 1 heterocycles. The van der Waals surface area contributed by atoms with Crippen molar-refractivity contribution in [3.63, 3.8) is 0 Å². The molecule has 0 aromatic rings. The molecule has 0 atom stereocenters. The van der Waals surface area contributed by atoms with Crippen LogP contribution in [0.2, 0.25) is 0 Å². The standard InChI is InChI=1S/C15H27NO2/c1-15(2)11-7-3-5-9-13(17)16-14(18)10-6-4-8-12-15/h3-12H2,1-2H3,(H,16,17,18). The lowest BCUT2D eigenvalue weighted by atomic mass is 9.82. The number of imide groups is 1. The SMILES string of the molecule is CC1(C)CCCCCC(=O)NC(=O)CCCCC1. The van der Waals surface area contributed by atoms with Crippen LogP contribution in [0, 0.1) is 5.41 Å². The number of hydrogen-bond acceptors (Lipinski definition) is 2. The molecule has 0 aromatic carbocycles. The van der Waals surface area contributed by atoms with Crippen molar-refractivity contribution in [2.75, 3.05) is 0 Å². The van der Waals surface area contributed by atoms with Gasteiger partial charge in [-0.1, -0.05) is 39.5 Å². The zero-order chi connectivity index (χ0) is 13.4. The first kappa shape index (κ1) is 15.2. The van der Waals surface area contributed by atoms with Crippen LogP contribution >= 0.6 is 0 Å². The first-order valence-electron chi connectivity index (χ1n) is 7.32. The Morgan fingerprint density at radius 3 is 1.67 bits per heavy atom. The van der Waals surface area contributed by atoms with Gasteiger partial charge in [-0.3, -0.25) is 14.9 Å². The van der Waals surface area contributed by atoms with Crippen molar-refractivity contribution in [3.8, 4) is 0 Å². The summed E-state index contributed by atoms with van der Waals surface area (Å²) in [7, 11) is 0. The number of amides is 2. The Kier molecular flexibility index (Phi) is 6.37. The van der Waals surface area contributed by atoms with Gasteiger partial charge in [0.05, 0.1) is 0 Å². The van der Waals surface area contributed by atoms with Gasteiger partial charge in [-0.15, -0.1) is 0 Å². The Hall–Kier alpha value is -0.860. The van der Waals surface area contributed by atoms with Crippen LogP contribution in [-0.2, 0) is 9.59 Å². The van der Waals surface area contributed by atoms with Gasteiger partial charge in [0.1, 0.15) is 0 Å². The fourth-order valence-electron chi connectivity index (χ4n) is 2.54. The first-order chi connectivity index (χ1) is 8.49. The molecular weight excluding hydrogens is 226 g/mol. The maximum absolute atomic E-state index is 11.5. The summed E-state index contributed by atoms with van der Waals surface area (Å²) in [6, 6.07) is 0. The zero-order valence-corrected chi connectivity index (χ0v) is 11.9. The van der Waals surface area contributed by atoms with E-state index in [1.165, 1.54) is 25.7 Å². The molecule has 0 unspecified atom stereocenters. The van der Waals surface area contributed by atoms with Gasteiger partial charge in [0.2, 0.25) is 11.8 Å². The quantitative estimate of drug-likeness (QED) is 0.671. The molecule has 0 spiro atoms. The number of nitrogens with one attached hydrogen (secondary N) is 1. The predicted molar refractivity (Wildman–Crippen MR) is 73.1 cm³/mol. The molecule has 1 N–H and O–H groups in total. The van der Waals surface area contributed by atoms with E-state index >= 15 is 0 Å². The van der Waals surface area contributed by atoms with E-state index in [-0.39, 0.29) is 11.8 Å². The van der Waals surface area contributed by atoms with E-state index < -0.39 is 0 Å². The van der Waals surface area contributed by atoms with Crippen molar-refractivity contribution in [3.05, 3.63) is 0 Å². The third kappa shape index (κ3) is 6.77. The van der Waals surface area contributed by atoms with Gasteiger partial charge in [-0.25, -0.2) is 0 Å². The van der Waals surface area contributed by atoms with Crippen LogP contribution in [0.1, 0.15) is 78.1 Å². The molecule has 0 aliphatic carbocycles. The third-order valence-electron chi connectivity index (χ3n) is 3.79. The number of carbonyl (C=O) groups is 2. The summed E-state index contributed by atoms with van der Waals surface area (Å²) >= 11 is 0. The topological polar surface area (TPSA) is 46.2 Å². The fourth-order valence-corrected chi connectivity index (χ4v) is 2.54. The second-order valence-electron chi connectivity index (χ2n) is 6.26. The van der Waals surface area contributed by atoms with Gasteiger partial charge in [0, 0.05) is 12.8 Å². The molecule has 1 rings (SSSR count). The minimum atomic E-state index is -0.101. The van der Waals surface area contributed by atoms with Gasteiger partial charge < -0.3 is 0 Å². The Morgan fingerprint density at radius 2 is 1.22 bits per heavy atom. The van der Waals surface area contributed by atoms with Gasteiger partial charge in [-0.2, -0.15) is 0 Å². The highest BCUT2D eigenvalue weighted by atomic mass is 16.2. The average Bonchev–Trinajstić information content (AvgIpc) is 2.26. The van der Waals surface area contributed by atoms with Gasteiger partial charge in [-0.05, 0) is 31.1 Å². The summed E-state index contributed by atoms with van der Waals surface area (Å²) in [6.07, 6.45) is 9.82. The lowest BCUT2D eigenvalue weighted by molar-refractivity contribution is -0.130. The molecule has 3 nitrogen and oxygen atoms in total. The minimum absolute atomic E-state index is 0.101. The van der Waals surface area contributed by atoms with E-state index in [1.807, 2.05) is 0 Å². The number of hydrogen-bond donors (Lipinski definition) is 1. The smallest absolute Gasteiger partial charge is 0.226 e. The van der Waals surface area contributed by atoms with Crippen LogP contribution in [0.4, 0.5) is 0 Å². The molecule has 3 heteroatoms. The highest BCUT2D eigenvalue weighted by Gasteiger charge is 2.17. The first-order valence-corrected chi connectivity index (χ1v) is 7.32. The molecule has 1 saturated heterocycles. The molecule has 0 aromatic heterocycles. The summed E-state index contributed by atoms with van der Waals surface area (Å²) < 4.78 is 0.